The van der Waals surface area contributed by atoms with Crippen LogP contribution in [0.15, 0.2) is 15.3 Å². The Morgan fingerprint density at radius 3 is 2.68 bits per heavy atom. The fourth-order valence-corrected chi connectivity index (χ4v) is 3.11. The van der Waals surface area contributed by atoms with Gasteiger partial charge in [0.05, 0.1) is 11.3 Å². The first-order chi connectivity index (χ1) is 11.5. The molecule has 1 aliphatic rings. The van der Waals surface area contributed by atoms with E-state index in [4.69, 9.17) is 16.0 Å². The van der Waals surface area contributed by atoms with E-state index in [0.29, 0.717) is 5.92 Å². The minimum atomic E-state index is -0.850. The Morgan fingerprint density at radius 2 is 2.08 bits per heavy atom. The Labute approximate surface area is 153 Å². The van der Waals surface area contributed by atoms with Gasteiger partial charge < -0.3 is 15.1 Å². The molecule has 0 aliphatic carbocycles. The first-order valence-corrected chi connectivity index (χ1v) is 8.05. The molecule has 0 saturated carbocycles. The number of aromatic amines is 1. The quantitative estimate of drug-likeness (QED) is 0.693. The Kier molecular flexibility index (Phi) is 6.42. The highest BCUT2D eigenvalue weighted by molar-refractivity contribution is 6.33. The third-order valence-corrected chi connectivity index (χ3v) is 4.66. The standard InChI is InChI=1S/C15H17ClF2N4O2.ClH/c1-7(8-2-4-19-5-3-8)20-13-11(16)10(17)6-9(12(13)18)14-21-22-15(23)24-14;/h6-8,19-20H,2-5H2,1H3,(H,22,23);1H/t7-;/m0./s1. The van der Waals surface area contributed by atoms with Crippen LogP contribution in [-0.4, -0.2) is 29.3 Å². The summed E-state index contributed by atoms with van der Waals surface area (Å²) in [5, 5.41) is 11.4. The van der Waals surface area contributed by atoms with Crippen molar-refractivity contribution in [2.45, 2.75) is 25.8 Å². The number of nitrogens with one attached hydrogen (secondary N) is 3. The first-order valence-electron chi connectivity index (χ1n) is 7.68. The summed E-state index contributed by atoms with van der Waals surface area (Å²) in [5.74, 6) is -2.49. The molecule has 138 valence electrons. The van der Waals surface area contributed by atoms with Gasteiger partial charge in [-0.1, -0.05) is 11.6 Å². The Morgan fingerprint density at radius 1 is 1.40 bits per heavy atom. The van der Waals surface area contributed by atoms with Crippen molar-refractivity contribution in [2.75, 3.05) is 18.4 Å². The molecule has 1 aromatic heterocycles. The van der Waals surface area contributed by atoms with Gasteiger partial charge in [-0.25, -0.2) is 18.7 Å². The molecule has 1 saturated heterocycles. The fraction of sp³-hybridized carbons (Fsp3) is 0.467. The van der Waals surface area contributed by atoms with Gasteiger partial charge in [0.2, 0.25) is 0 Å². The topological polar surface area (TPSA) is 83.0 Å². The normalized spacial score (nSPS) is 16.3. The highest BCUT2D eigenvalue weighted by atomic mass is 35.5. The number of piperidine rings is 1. The largest absolute Gasteiger partial charge is 0.434 e. The number of benzene rings is 1. The number of halogens is 4. The molecule has 3 rings (SSSR count). The van der Waals surface area contributed by atoms with Crippen LogP contribution in [0.3, 0.4) is 0 Å². The van der Waals surface area contributed by atoms with Crippen LogP contribution in [0.1, 0.15) is 19.8 Å². The molecule has 0 unspecified atom stereocenters. The summed E-state index contributed by atoms with van der Waals surface area (Å²) in [6, 6.07) is 0.761. The number of hydrogen-bond acceptors (Lipinski definition) is 5. The zero-order valence-electron chi connectivity index (χ0n) is 13.4. The summed E-state index contributed by atoms with van der Waals surface area (Å²) >= 11 is 5.94. The monoisotopic (exact) mass is 394 g/mol. The van der Waals surface area contributed by atoms with Gasteiger partial charge in [0.15, 0.2) is 5.82 Å². The van der Waals surface area contributed by atoms with E-state index in [1.54, 1.807) is 0 Å². The lowest BCUT2D eigenvalue weighted by molar-refractivity contribution is 0.342. The van der Waals surface area contributed by atoms with Gasteiger partial charge in [-0.15, -0.1) is 17.5 Å². The van der Waals surface area contributed by atoms with E-state index in [9.17, 15) is 13.6 Å². The predicted molar refractivity (Wildman–Crippen MR) is 93.4 cm³/mol. The van der Waals surface area contributed by atoms with Crippen molar-refractivity contribution in [1.82, 2.24) is 15.5 Å². The third-order valence-electron chi connectivity index (χ3n) is 4.29. The second kappa shape index (κ2) is 8.16. The predicted octanol–water partition coefficient (Wildman–Crippen LogP) is 3.18. The summed E-state index contributed by atoms with van der Waals surface area (Å²) in [7, 11) is 0. The number of aromatic nitrogens is 2. The number of nitrogens with zero attached hydrogens (tertiary/aromatic N) is 1. The van der Waals surface area contributed by atoms with Gasteiger partial charge in [-0.3, -0.25) is 0 Å². The minimum Gasteiger partial charge on any atom is -0.388 e. The lowest BCUT2D eigenvalue weighted by Crippen LogP contribution is -2.36. The molecule has 1 fully saturated rings. The number of rotatable bonds is 4. The molecule has 0 spiro atoms. The van der Waals surface area contributed by atoms with Crippen LogP contribution in [0, 0.1) is 17.6 Å². The SMILES string of the molecule is C[C@H](Nc1c(F)c(-c2n[nH]c(=O)o2)cc(F)c1Cl)C1CCNCC1.Cl. The number of H-pyrrole nitrogens is 1. The molecule has 1 aromatic carbocycles. The van der Waals surface area contributed by atoms with E-state index in [-0.39, 0.29) is 40.6 Å². The van der Waals surface area contributed by atoms with Crippen molar-refractivity contribution in [3.63, 3.8) is 0 Å². The van der Waals surface area contributed by atoms with E-state index < -0.39 is 17.4 Å². The summed E-state index contributed by atoms with van der Waals surface area (Å²) in [6.45, 7) is 3.68. The molecule has 1 atom stereocenters. The molecule has 6 nitrogen and oxygen atoms in total. The van der Waals surface area contributed by atoms with Crippen LogP contribution < -0.4 is 16.4 Å². The van der Waals surface area contributed by atoms with Crippen LogP contribution >= 0.6 is 24.0 Å². The molecular formula is C15H18Cl2F2N4O2. The van der Waals surface area contributed by atoms with Crippen molar-refractivity contribution in [3.8, 4) is 11.5 Å². The Bertz CT molecular complexity index is 790. The van der Waals surface area contributed by atoms with Crippen molar-refractivity contribution >= 4 is 29.7 Å². The van der Waals surface area contributed by atoms with Crippen LogP contribution in [0.25, 0.3) is 11.5 Å². The molecule has 2 heterocycles. The average Bonchev–Trinajstić information content (AvgIpc) is 3.01. The van der Waals surface area contributed by atoms with Crippen LogP contribution in [0.2, 0.25) is 5.02 Å². The van der Waals surface area contributed by atoms with E-state index in [0.717, 1.165) is 32.0 Å². The molecule has 0 bridgehead atoms. The van der Waals surface area contributed by atoms with E-state index in [2.05, 4.69) is 15.7 Å². The Hall–Kier alpha value is -1.64. The summed E-state index contributed by atoms with van der Waals surface area (Å²) in [4.78, 5) is 11.0. The molecule has 1 aliphatic heterocycles. The minimum absolute atomic E-state index is 0. The second-order valence-corrected chi connectivity index (χ2v) is 6.23. The number of hydrogen-bond donors (Lipinski definition) is 3. The average molecular weight is 395 g/mol. The molecular weight excluding hydrogens is 377 g/mol. The van der Waals surface area contributed by atoms with Gasteiger partial charge in [0.1, 0.15) is 10.8 Å². The van der Waals surface area contributed by atoms with E-state index >= 15 is 0 Å². The van der Waals surface area contributed by atoms with Crippen LogP contribution in [-0.2, 0) is 0 Å². The van der Waals surface area contributed by atoms with Crippen molar-refractivity contribution in [2.24, 2.45) is 5.92 Å². The smallest absolute Gasteiger partial charge is 0.388 e. The zero-order valence-corrected chi connectivity index (χ0v) is 14.9. The lowest BCUT2D eigenvalue weighted by atomic mass is 9.91. The molecule has 25 heavy (non-hydrogen) atoms. The fourth-order valence-electron chi connectivity index (χ4n) is 2.92. The van der Waals surface area contributed by atoms with E-state index in [1.165, 1.54) is 0 Å². The highest BCUT2D eigenvalue weighted by Gasteiger charge is 2.25. The molecule has 2 aromatic rings. The lowest BCUT2D eigenvalue weighted by Gasteiger charge is -2.30. The second-order valence-electron chi connectivity index (χ2n) is 5.85. The van der Waals surface area contributed by atoms with Gasteiger partial charge in [0.25, 0.3) is 5.89 Å². The van der Waals surface area contributed by atoms with Crippen molar-refractivity contribution in [3.05, 3.63) is 33.3 Å². The van der Waals surface area contributed by atoms with Crippen LogP contribution in [0.4, 0.5) is 14.5 Å². The molecule has 10 heteroatoms. The van der Waals surface area contributed by atoms with Gasteiger partial charge in [-0.05, 0) is 44.8 Å². The first kappa shape index (κ1) is 19.7. The third kappa shape index (κ3) is 4.13. The molecule has 3 N–H and O–H groups in total. The maximum absolute atomic E-state index is 14.8. The van der Waals surface area contributed by atoms with Gasteiger partial charge >= 0.3 is 5.76 Å². The summed E-state index contributed by atoms with van der Waals surface area (Å²) < 4.78 is 33.6. The molecule has 0 amide bonds. The maximum atomic E-state index is 14.8. The maximum Gasteiger partial charge on any atom is 0.434 e. The zero-order chi connectivity index (χ0) is 17.3. The van der Waals surface area contributed by atoms with E-state index in [1.807, 2.05) is 12.0 Å². The van der Waals surface area contributed by atoms with Crippen molar-refractivity contribution < 1.29 is 13.2 Å². The summed E-state index contributed by atoms with van der Waals surface area (Å²) in [5.41, 5.74) is -0.418. The molecule has 0 radical (unpaired) electrons. The Balaban J connectivity index is 0.00000225. The van der Waals surface area contributed by atoms with Gasteiger partial charge in [-0.2, -0.15) is 0 Å². The highest BCUT2D eigenvalue weighted by Crippen LogP contribution is 2.36. The number of anilines is 1. The van der Waals surface area contributed by atoms with Crippen LogP contribution in [0.5, 0.6) is 0 Å². The van der Waals surface area contributed by atoms with Crippen molar-refractivity contribution in [1.29, 1.82) is 0 Å². The summed E-state index contributed by atoms with van der Waals surface area (Å²) in [6.07, 6.45) is 1.87. The van der Waals surface area contributed by atoms with Gasteiger partial charge in [0, 0.05) is 6.04 Å².